The van der Waals surface area contributed by atoms with Gasteiger partial charge in [0, 0.05) is 22.8 Å². The Morgan fingerprint density at radius 3 is 2.24 bits per heavy atom. The van der Waals surface area contributed by atoms with Crippen molar-refractivity contribution in [1.29, 1.82) is 0 Å². The summed E-state index contributed by atoms with van der Waals surface area (Å²) < 4.78 is 40.0. The van der Waals surface area contributed by atoms with Crippen LogP contribution in [0.4, 0.5) is 24.5 Å². The second-order valence-electron chi connectivity index (χ2n) is 3.26. The second-order valence-corrected chi connectivity index (χ2v) is 4.18. The van der Waals surface area contributed by atoms with Gasteiger partial charge in [-0.2, -0.15) is 0 Å². The van der Waals surface area contributed by atoms with E-state index in [0.717, 1.165) is 0 Å². The van der Waals surface area contributed by atoms with Crippen LogP contribution in [0.15, 0.2) is 35.1 Å². The third kappa shape index (κ3) is 2.76. The average molecular weight is 303 g/mol. The molecule has 1 aromatic heterocycles. The zero-order chi connectivity index (χ0) is 12.4. The van der Waals surface area contributed by atoms with Crippen LogP contribution in [0.25, 0.3) is 0 Å². The lowest BCUT2D eigenvalue weighted by atomic mass is 10.2. The van der Waals surface area contributed by atoms with Crippen molar-refractivity contribution in [1.82, 2.24) is 4.98 Å². The van der Waals surface area contributed by atoms with E-state index in [1.807, 2.05) is 0 Å². The van der Waals surface area contributed by atoms with Gasteiger partial charge >= 0.3 is 0 Å². The molecule has 0 aliphatic carbocycles. The fraction of sp³-hybridized carbons (Fsp3) is 0. The third-order valence-electron chi connectivity index (χ3n) is 1.98. The maximum absolute atomic E-state index is 13.3. The summed E-state index contributed by atoms with van der Waals surface area (Å²) in [7, 11) is 0. The minimum Gasteiger partial charge on any atom is -0.349 e. The molecule has 88 valence electrons. The summed E-state index contributed by atoms with van der Waals surface area (Å²) in [5.74, 6) is -2.96. The number of nitrogens with zero attached hydrogens (tertiary/aromatic N) is 1. The molecule has 0 bridgehead atoms. The van der Waals surface area contributed by atoms with Crippen LogP contribution in [0, 0.1) is 17.5 Å². The number of benzene rings is 1. The first-order valence-corrected chi connectivity index (χ1v) is 5.37. The van der Waals surface area contributed by atoms with Crippen molar-refractivity contribution < 1.29 is 13.2 Å². The van der Waals surface area contributed by atoms with Gasteiger partial charge in [-0.15, -0.1) is 0 Å². The number of pyridine rings is 1. The Hall–Kier alpha value is -1.56. The molecule has 2 aromatic rings. The van der Waals surface area contributed by atoms with E-state index in [1.165, 1.54) is 12.4 Å². The number of hydrogen-bond donors (Lipinski definition) is 1. The molecule has 0 aliphatic heterocycles. The number of hydrogen-bond acceptors (Lipinski definition) is 2. The summed E-state index contributed by atoms with van der Waals surface area (Å²) in [6.45, 7) is 0. The van der Waals surface area contributed by atoms with E-state index in [4.69, 9.17) is 0 Å². The van der Waals surface area contributed by atoms with Gasteiger partial charge in [-0.25, -0.2) is 13.2 Å². The molecule has 1 N–H and O–H groups in total. The van der Waals surface area contributed by atoms with Crippen LogP contribution in [0.3, 0.4) is 0 Å². The molecule has 2 nitrogen and oxygen atoms in total. The number of nitrogens with one attached hydrogen (secondary N) is 1. The molecule has 0 spiro atoms. The number of halogens is 4. The SMILES string of the molecule is Fc1cc(F)c(Nc2cncc(Br)c2)c(F)c1. The van der Waals surface area contributed by atoms with Crippen molar-refractivity contribution in [2.75, 3.05) is 5.32 Å². The van der Waals surface area contributed by atoms with Gasteiger partial charge in [0.2, 0.25) is 0 Å². The molecule has 1 aromatic carbocycles. The molecule has 17 heavy (non-hydrogen) atoms. The van der Waals surface area contributed by atoms with Gasteiger partial charge in [-0.05, 0) is 22.0 Å². The molecule has 2 rings (SSSR count). The van der Waals surface area contributed by atoms with Crippen LogP contribution >= 0.6 is 15.9 Å². The van der Waals surface area contributed by atoms with E-state index >= 15 is 0 Å². The van der Waals surface area contributed by atoms with Gasteiger partial charge in [-0.3, -0.25) is 4.98 Å². The van der Waals surface area contributed by atoms with Gasteiger partial charge < -0.3 is 5.32 Å². The molecular formula is C11H6BrF3N2. The highest BCUT2D eigenvalue weighted by molar-refractivity contribution is 9.10. The van der Waals surface area contributed by atoms with Crippen LogP contribution in [-0.4, -0.2) is 4.98 Å². The smallest absolute Gasteiger partial charge is 0.152 e. The Balaban J connectivity index is 2.36. The lowest BCUT2D eigenvalue weighted by molar-refractivity contribution is 0.549. The van der Waals surface area contributed by atoms with Gasteiger partial charge in [0.15, 0.2) is 11.6 Å². The van der Waals surface area contributed by atoms with Gasteiger partial charge in [-0.1, -0.05) is 0 Å². The zero-order valence-electron chi connectivity index (χ0n) is 8.35. The van der Waals surface area contributed by atoms with Crippen LogP contribution in [0.1, 0.15) is 0 Å². The summed E-state index contributed by atoms with van der Waals surface area (Å²) in [5.41, 5.74) is -0.0184. The Bertz CT molecular complexity index is 537. The predicted molar refractivity (Wildman–Crippen MR) is 61.5 cm³/mol. The highest BCUT2D eigenvalue weighted by Crippen LogP contribution is 2.25. The second kappa shape index (κ2) is 4.75. The monoisotopic (exact) mass is 302 g/mol. The van der Waals surface area contributed by atoms with Crippen LogP contribution < -0.4 is 5.32 Å². The first kappa shape index (κ1) is 11.9. The molecule has 0 fully saturated rings. The van der Waals surface area contributed by atoms with Crippen molar-refractivity contribution in [3.63, 3.8) is 0 Å². The maximum atomic E-state index is 13.3. The minimum atomic E-state index is -0.998. The number of rotatable bonds is 2. The topological polar surface area (TPSA) is 24.9 Å². The highest BCUT2D eigenvalue weighted by Gasteiger charge is 2.11. The Kier molecular flexibility index (Phi) is 3.33. The van der Waals surface area contributed by atoms with Crippen molar-refractivity contribution in [3.8, 4) is 0 Å². The van der Waals surface area contributed by atoms with E-state index < -0.39 is 23.1 Å². The fourth-order valence-electron chi connectivity index (χ4n) is 1.29. The lowest BCUT2D eigenvalue weighted by Crippen LogP contribution is -1.99. The lowest BCUT2D eigenvalue weighted by Gasteiger charge is -2.08. The Labute approximate surface area is 104 Å². The van der Waals surface area contributed by atoms with Crippen molar-refractivity contribution >= 4 is 27.3 Å². The minimum absolute atomic E-state index is 0.392. The molecule has 0 radical (unpaired) electrons. The van der Waals surface area contributed by atoms with Gasteiger partial charge in [0.1, 0.15) is 11.5 Å². The first-order valence-electron chi connectivity index (χ1n) is 4.58. The predicted octanol–water partition coefficient (Wildman–Crippen LogP) is 4.01. The normalized spacial score (nSPS) is 10.4. The van der Waals surface area contributed by atoms with Crippen molar-refractivity contribution in [2.24, 2.45) is 0 Å². The largest absolute Gasteiger partial charge is 0.349 e. The number of anilines is 2. The number of aromatic nitrogens is 1. The molecule has 0 unspecified atom stereocenters. The summed E-state index contributed by atoms with van der Waals surface area (Å²) in [4.78, 5) is 3.83. The van der Waals surface area contributed by atoms with Crippen molar-refractivity contribution in [3.05, 3.63) is 52.5 Å². The summed E-state index contributed by atoms with van der Waals surface area (Å²) in [5, 5.41) is 2.50. The molecule has 0 aliphatic rings. The summed E-state index contributed by atoms with van der Waals surface area (Å²) in [6, 6.07) is 2.81. The van der Waals surface area contributed by atoms with Crippen LogP contribution in [-0.2, 0) is 0 Å². The summed E-state index contributed by atoms with van der Waals surface area (Å²) in [6.07, 6.45) is 2.93. The molecule has 0 saturated carbocycles. The first-order chi connectivity index (χ1) is 8.06. The van der Waals surface area contributed by atoms with Crippen LogP contribution in [0.5, 0.6) is 0 Å². The molecule has 6 heteroatoms. The van der Waals surface area contributed by atoms with E-state index in [-0.39, 0.29) is 0 Å². The van der Waals surface area contributed by atoms with E-state index in [1.54, 1.807) is 6.07 Å². The molecule has 1 heterocycles. The Morgan fingerprint density at radius 2 is 1.65 bits per heavy atom. The third-order valence-corrected chi connectivity index (χ3v) is 2.41. The zero-order valence-corrected chi connectivity index (χ0v) is 9.93. The van der Waals surface area contributed by atoms with Crippen LogP contribution in [0.2, 0.25) is 0 Å². The summed E-state index contributed by atoms with van der Waals surface area (Å²) >= 11 is 3.17. The highest BCUT2D eigenvalue weighted by atomic mass is 79.9. The van der Waals surface area contributed by atoms with Gasteiger partial charge in [0.25, 0.3) is 0 Å². The molecule has 0 atom stereocenters. The van der Waals surface area contributed by atoms with E-state index in [0.29, 0.717) is 22.3 Å². The van der Waals surface area contributed by atoms with Gasteiger partial charge in [0.05, 0.1) is 11.9 Å². The maximum Gasteiger partial charge on any atom is 0.152 e. The standard InChI is InChI=1S/C11H6BrF3N2/c12-6-1-8(5-16-4-6)17-11-9(14)2-7(13)3-10(11)15/h1-5,17H. The molecule has 0 saturated heterocycles. The molecule has 0 amide bonds. The van der Waals surface area contributed by atoms with Crippen molar-refractivity contribution in [2.45, 2.75) is 0 Å². The average Bonchev–Trinajstić information content (AvgIpc) is 2.23. The Morgan fingerprint density at radius 1 is 1.00 bits per heavy atom. The van der Waals surface area contributed by atoms with E-state index in [9.17, 15) is 13.2 Å². The van der Waals surface area contributed by atoms with E-state index in [2.05, 4.69) is 26.2 Å². The fourth-order valence-corrected chi connectivity index (χ4v) is 1.65. The quantitative estimate of drug-likeness (QED) is 0.907. The molecular weight excluding hydrogens is 297 g/mol.